The number of carbonyl (C=O) groups is 3. The van der Waals surface area contributed by atoms with Gasteiger partial charge in [-0.1, -0.05) is 0 Å². The highest BCUT2D eigenvalue weighted by Crippen LogP contribution is 1.87. The number of rotatable bonds is 4. The SMILES string of the molecule is NC(=O)CCC=O.O=C(O)C(F)F. The molecule has 0 saturated heterocycles. The van der Waals surface area contributed by atoms with Gasteiger partial charge in [0.1, 0.15) is 6.29 Å². The zero-order valence-corrected chi connectivity index (χ0v) is 6.57. The van der Waals surface area contributed by atoms with Gasteiger partial charge in [0.05, 0.1) is 0 Å². The Hall–Kier alpha value is -1.53. The predicted octanol–water partition coefficient (Wildman–Crippen LogP) is -0.213. The molecule has 13 heavy (non-hydrogen) atoms. The number of nitrogens with two attached hydrogens (primary N) is 1. The second-order valence-corrected chi connectivity index (χ2v) is 1.81. The molecule has 1 amide bonds. The monoisotopic (exact) mass is 197 g/mol. The number of halogens is 2. The Morgan fingerprint density at radius 1 is 1.46 bits per heavy atom. The van der Waals surface area contributed by atoms with Gasteiger partial charge in [0.25, 0.3) is 0 Å². The number of carboxylic acids is 1. The minimum atomic E-state index is -3.23. The topological polar surface area (TPSA) is 97.5 Å². The first-order valence-electron chi connectivity index (χ1n) is 3.14. The second-order valence-electron chi connectivity index (χ2n) is 1.81. The van der Waals surface area contributed by atoms with Crippen LogP contribution in [-0.4, -0.2) is 29.7 Å². The van der Waals surface area contributed by atoms with Crippen LogP contribution >= 0.6 is 0 Å². The van der Waals surface area contributed by atoms with Crippen molar-refractivity contribution < 1.29 is 28.3 Å². The van der Waals surface area contributed by atoms with E-state index in [-0.39, 0.29) is 12.8 Å². The van der Waals surface area contributed by atoms with Crippen molar-refractivity contribution in [2.24, 2.45) is 5.73 Å². The largest absolute Gasteiger partial charge is 0.477 e. The molecule has 0 rings (SSSR count). The molecule has 7 heteroatoms. The Morgan fingerprint density at radius 3 is 1.92 bits per heavy atom. The van der Waals surface area contributed by atoms with Crippen LogP contribution in [0.15, 0.2) is 0 Å². The lowest BCUT2D eigenvalue weighted by molar-refractivity contribution is -0.149. The quantitative estimate of drug-likeness (QED) is 0.609. The molecule has 0 aliphatic carbocycles. The van der Waals surface area contributed by atoms with Gasteiger partial charge in [-0.15, -0.1) is 0 Å². The van der Waals surface area contributed by atoms with Gasteiger partial charge in [0.2, 0.25) is 5.91 Å². The van der Waals surface area contributed by atoms with Crippen molar-refractivity contribution in [3.05, 3.63) is 0 Å². The Balaban J connectivity index is 0. The lowest BCUT2D eigenvalue weighted by Gasteiger charge is -1.81. The number of primary amides is 1. The maximum absolute atomic E-state index is 10.6. The fourth-order valence-corrected chi connectivity index (χ4v) is 0.201. The molecule has 0 saturated carbocycles. The lowest BCUT2D eigenvalue weighted by atomic mass is 10.3. The highest BCUT2D eigenvalue weighted by molar-refractivity contribution is 5.76. The standard InChI is InChI=1S/C4H7NO2.C2H2F2O2/c5-4(7)2-1-3-6;3-1(4)2(5)6/h3H,1-2H2,(H2,5,7);1H,(H,5,6). The molecule has 0 heterocycles. The third kappa shape index (κ3) is 17.9. The summed E-state index contributed by atoms with van der Waals surface area (Å²) in [7, 11) is 0. The van der Waals surface area contributed by atoms with Gasteiger partial charge < -0.3 is 15.6 Å². The Morgan fingerprint density at radius 2 is 1.85 bits per heavy atom. The van der Waals surface area contributed by atoms with Crippen LogP contribution in [0.1, 0.15) is 12.8 Å². The van der Waals surface area contributed by atoms with Crippen molar-refractivity contribution in [1.82, 2.24) is 0 Å². The number of hydrogen-bond donors (Lipinski definition) is 2. The summed E-state index contributed by atoms with van der Waals surface area (Å²) in [6.45, 7) is 0. The van der Waals surface area contributed by atoms with Crippen LogP contribution < -0.4 is 5.73 Å². The minimum absolute atomic E-state index is 0.170. The summed E-state index contributed by atoms with van der Waals surface area (Å²) in [5, 5.41) is 7.24. The van der Waals surface area contributed by atoms with E-state index in [9.17, 15) is 18.4 Å². The van der Waals surface area contributed by atoms with Gasteiger partial charge in [-0.3, -0.25) is 4.79 Å². The van der Waals surface area contributed by atoms with Crippen molar-refractivity contribution in [3.8, 4) is 0 Å². The molecule has 0 bridgehead atoms. The van der Waals surface area contributed by atoms with Crippen molar-refractivity contribution in [2.45, 2.75) is 19.3 Å². The Kier molecular flexibility index (Phi) is 9.24. The summed E-state index contributed by atoms with van der Waals surface area (Å²) in [5.74, 6) is -2.50. The van der Waals surface area contributed by atoms with E-state index < -0.39 is 18.3 Å². The lowest BCUT2D eigenvalue weighted by Crippen LogP contribution is -2.09. The van der Waals surface area contributed by atoms with E-state index in [1.165, 1.54) is 0 Å². The molecule has 0 aromatic rings. The molecule has 0 aliphatic rings. The van der Waals surface area contributed by atoms with Crippen molar-refractivity contribution in [3.63, 3.8) is 0 Å². The summed E-state index contributed by atoms with van der Waals surface area (Å²) < 4.78 is 21.1. The fourth-order valence-electron chi connectivity index (χ4n) is 0.201. The molecule has 0 aromatic carbocycles. The number of aldehydes is 1. The van der Waals surface area contributed by atoms with Gasteiger partial charge in [0, 0.05) is 12.8 Å². The second kappa shape index (κ2) is 8.57. The average molecular weight is 197 g/mol. The minimum Gasteiger partial charge on any atom is -0.477 e. The molecular weight excluding hydrogens is 188 g/mol. The first-order valence-corrected chi connectivity index (χ1v) is 3.14. The maximum atomic E-state index is 10.6. The third-order valence-electron chi connectivity index (χ3n) is 0.695. The molecule has 5 nitrogen and oxygen atoms in total. The molecular formula is C6H9F2NO4. The van der Waals surface area contributed by atoms with Crippen LogP contribution in [0.2, 0.25) is 0 Å². The summed E-state index contributed by atoms with van der Waals surface area (Å²) in [5.41, 5.74) is 4.68. The van der Waals surface area contributed by atoms with Crippen LogP contribution in [0.3, 0.4) is 0 Å². The summed E-state index contributed by atoms with van der Waals surface area (Å²) in [6, 6.07) is 0. The average Bonchev–Trinajstić information content (AvgIpc) is 2.01. The van der Waals surface area contributed by atoms with Crippen LogP contribution in [0, 0.1) is 0 Å². The molecule has 0 aliphatic heterocycles. The molecule has 0 atom stereocenters. The predicted molar refractivity (Wildman–Crippen MR) is 38.1 cm³/mol. The number of amides is 1. The Bertz CT molecular complexity index is 183. The number of carboxylic acid groups (broad SMARTS) is 1. The first-order chi connectivity index (χ1) is 5.91. The van der Waals surface area contributed by atoms with Crippen LogP contribution in [0.5, 0.6) is 0 Å². The maximum Gasteiger partial charge on any atom is 0.371 e. The molecule has 0 radical (unpaired) electrons. The highest BCUT2D eigenvalue weighted by Gasteiger charge is 2.10. The van der Waals surface area contributed by atoms with E-state index >= 15 is 0 Å². The zero-order valence-electron chi connectivity index (χ0n) is 6.57. The van der Waals surface area contributed by atoms with E-state index in [1.807, 2.05) is 0 Å². The number of aliphatic carboxylic acids is 1. The number of hydrogen-bond acceptors (Lipinski definition) is 3. The van der Waals surface area contributed by atoms with E-state index in [2.05, 4.69) is 5.73 Å². The van der Waals surface area contributed by atoms with Crippen molar-refractivity contribution in [2.75, 3.05) is 0 Å². The van der Waals surface area contributed by atoms with Crippen molar-refractivity contribution >= 4 is 18.2 Å². The number of alkyl halides is 2. The van der Waals surface area contributed by atoms with E-state index in [0.717, 1.165) is 0 Å². The molecule has 0 aromatic heterocycles. The normalized spacial score (nSPS) is 8.54. The molecule has 0 fully saturated rings. The zero-order chi connectivity index (χ0) is 10.9. The van der Waals surface area contributed by atoms with Gasteiger partial charge in [-0.2, -0.15) is 8.78 Å². The van der Waals surface area contributed by atoms with Crippen LogP contribution in [-0.2, 0) is 14.4 Å². The van der Waals surface area contributed by atoms with Gasteiger partial charge in [-0.05, 0) is 0 Å². The summed E-state index contributed by atoms with van der Waals surface area (Å²) in [6.07, 6.45) is -2.14. The summed E-state index contributed by atoms with van der Waals surface area (Å²) >= 11 is 0. The molecule has 0 unspecified atom stereocenters. The third-order valence-corrected chi connectivity index (χ3v) is 0.695. The first kappa shape index (κ1) is 14.0. The van der Waals surface area contributed by atoms with Crippen LogP contribution in [0.4, 0.5) is 8.78 Å². The fraction of sp³-hybridized carbons (Fsp3) is 0.500. The highest BCUT2D eigenvalue weighted by atomic mass is 19.3. The van der Waals surface area contributed by atoms with Gasteiger partial charge >= 0.3 is 12.4 Å². The summed E-state index contributed by atoms with van der Waals surface area (Å²) in [4.78, 5) is 28.3. The van der Waals surface area contributed by atoms with Gasteiger partial charge in [-0.25, -0.2) is 4.79 Å². The Labute approximate surface area is 72.5 Å². The van der Waals surface area contributed by atoms with Crippen molar-refractivity contribution in [1.29, 1.82) is 0 Å². The molecule has 3 N–H and O–H groups in total. The van der Waals surface area contributed by atoms with E-state index in [0.29, 0.717) is 6.29 Å². The van der Waals surface area contributed by atoms with Crippen LogP contribution in [0.25, 0.3) is 0 Å². The molecule has 76 valence electrons. The van der Waals surface area contributed by atoms with E-state index in [4.69, 9.17) is 9.90 Å². The van der Waals surface area contributed by atoms with E-state index in [1.54, 1.807) is 0 Å². The van der Waals surface area contributed by atoms with Gasteiger partial charge in [0.15, 0.2) is 0 Å². The number of carbonyl (C=O) groups excluding carboxylic acids is 2. The smallest absolute Gasteiger partial charge is 0.371 e. The molecule has 0 spiro atoms.